The molecule has 7 nitrogen and oxygen atoms in total. The molecule has 0 aliphatic carbocycles. The van der Waals surface area contributed by atoms with E-state index in [1.165, 1.54) is 11.8 Å². The minimum Gasteiger partial charge on any atom is -0.469 e. The van der Waals surface area contributed by atoms with Crippen LogP contribution < -0.4 is 5.32 Å². The van der Waals surface area contributed by atoms with E-state index < -0.39 is 0 Å². The van der Waals surface area contributed by atoms with Gasteiger partial charge >= 0.3 is 0 Å². The maximum Gasteiger partial charge on any atom is 0.234 e. The topological polar surface area (TPSA) is 96.7 Å². The smallest absolute Gasteiger partial charge is 0.234 e. The Morgan fingerprint density at radius 2 is 2.07 bits per heavy atom. The van der Waals surface area contributed by atoms with Crippen molar-refractivity contribution < 1.29 is 9.21 Å². The SMILES string of the molecule is CCn1c(SCC(=O)Nc2ccc(CC#N)cc2)nnc1-c1ccoc1C. The molecule has 138 valence electrons. The van der Waals surface area contributed by atoms with Gasteiger partial charge in [0.1, 0.15) is 5.76 Å². The number of hydrogen-bond donors (Lipinski definition) is 1. The Hall–Kier alpha value is -3.05. The van der Waals surface area contributed by atoms with Crippen LogP contribution in [0.25, 0.3) is 11.4 Å². The summed E-state index contributed by atoms with van der Waals surface area (Å²) in [6, 6.07) is 11.2. The number of nitriles is 1. The Bertz CT molecular complexity index is 969. The van der Waals surface area contributed by atoms with E-state index >= 15 is 0 Å². The first-order valence-electron chi connectivity index (χ1n) is 8.48. The van der Waals surface area contributed by atoms with Crippen LogP contribution in [0.4, 0.5) is 5.69 Å². The van der Waals surface area contributed by atoms with Crippen LogP contribution in [0.15, 0.2) is 46.2 Å². The van der Waals surface area contributed by atoms with Gasteiger partial charge in [-0.25, -0.2) is 0 Å². The van der Waals surface area contributed by atoms with Gasteiger partial charge in [0.15, 0.2) is 11.0 Å². The maximum absolute atomic E-state index is 12.2. The van der Waals surface area contributed by atoms with Gasteiger partial charge in [-0.3, -0.25) is 4.79 Å². The number of thioether (sulfide) groups is 1. The van der Waals surface area contributed by atoms with Crippen LogP contribution in [0.1, 0.15) is 18.2 Å². The summed E-state index contributed by atoms with van der Waals surface area (Å²) in [5, 5.41) is 20.7. The van der Waals surface area contributed by atoms with E-state index in [4.69, 9.17) is 9.68 Å². The van der Waals surface area contributed by atoms with Crippen molar-refractivity contribution >= 4 is 23.4 Å². The van der Waals surface area contributed by atoms with E-state index in [-0.39, 0.29) is 11.7 Å². The Morgan fingerprint density at radius 3 is 2.70 bits per heavy atom. The number of carbonyl (C=O) groups excluding carboxylic acids is 1. The van der Waals surface area contributed by atoms with Crippen LogP contribution >= 0.6 is 11.8 Å². The summed E-state index contributed by atoms with van der Waals surface area (Å²) >= 11 is 1.34. The average Bonchev–Trinajstić information content (AvgIpc) is 3.27. The highest BCUT2D eigenvalue weighted by molar-refractivity contribution is 7.99. The molecule has 2 aromatic heterocycles. The summed E-state index contributed by atoms with van der Waals surface area (Å²) < 4.78 is 7.31. The van der Waals surface area contributed by atoms with Gasteiger partial charge in [-0.2, -0.15) is 5.26 Å². The molecule has 3 aromatic rings. The molecule has 0 aliphatic rings. The van der Waals surface area contributed by atoms with E-state index in [1.54, 1.807) is 18.4 Å². The minimum absolute atomic E-state index is 0.125. The number of amides is 1. The number of benzene rings is 1. The molecule has 0 unspecified atom stereocenters. The lowest BCUT2D eigenvalue weighted by Gasteiger charge is -2.08. The predicted molar refractivity (Wildman–Crippen MR) is 103 cm³/mol. The molecule has 0 saturated heterocycles. The van der Waals surface area contributed by atoms with E-state index in [0.29, 0.717) is 23.8 Å². The fourth-order valence-corrected chi connectivity index (χ4v) is 3.42. The van der Waals surface area contributed by atoms with Crippen molar-refractivity contribution in [1.29, 1.82) is 5.26 Å². The lowest BCUT2D eigenvalue weighted by atomic mass is 10.1. The van der Waals surface area contributed by atoms with Gasteiger partial charge in [0, 0.05) is 12.2 Å². The third-order valence-corrected chi connectivity index (χ3v) is 4.95. The summed E-state index contributed by atoms with van der Waals surface area (Å²) in [6.07, 6.45) is 1.98. The van der Waals surface area contributed by atoms with E-state index in [9.17, 15) is 4.79 Å². The number of aryl methyl sites for hydroxylation is 1. The van der Waals surface area contributed by atoms with Crippen LogP contribution in [-0.4, -0.2) is 26.4 Å². The van der Waals surface area contributed by atoms with E-state index in [0.717, 1.165) is 22.7 Å². The summed E-state index contributed by atoms with van der Waals surface area (Å²) in [7, 11) is 0. The number of furan rings is 1. The second-order valence-corrected chi connectivity index (χ2v) is 6.75. The number of anilines is 1. The van der Waals surface area contributed by atoms with Gasteiger partial charge in [0.05, 0.1) is 30.1 Å². The average molecular weight is 381 g/mol. The highest BCUT2D eigenvalue weighted by Crippen LogP contribution is 2.27. The molecule has 8 heteroatoms. The fraction of sp³-hybridized carbons (Fsp3) is 0.263. The molecule has 1 N–H and O–H groups in total. The highest BCUT2D eigenvalue weighted by atomic mass is 32.2. The van der Waals surface area contributed by atoms with Crippen molar-refractivity contribution in [1.82, 2.24) is 14.8 Å². The first-order valence-corrected chi connectivity index (χ1v) is 9.47. The Morgan fingerprint density at radius 1 is 1.30 bits per heavy atom. The minimum atomic E-state index is -0.125. The third-order valence-electron chi connectivity index (χ3n) is 3.99. The molecular formula is C19H19N5O2S. The number of nitrogens with zero attached hydrogens (tertiary/aromatic N) is 4. The predicted octanol–water partition coefficient (Wildman–Crippen LogP) is 3.66. The highest BCUT2D eigenvalue weighted by Gasteiger charge is 2.17. The monoisotopic (exact) mass is 381 g/mol. The van der Waals surface area contributed by atoms with Crippen molar-refractivity contribution in [2.75, 3.05) is 11.1 Å². The Kier molecular flexibility index (Phi) is 5.94. The molecule has 0 spiro atoms. The zero-order valence-corrected chi connectivity index (χ0v) is 15.9. The van der Waals surface area contributed by atoms with E-state index in [2.05, 4.69) is 21.6 Å². The zero-order valence-electron chi connectivity index (χ0n) is 15.1. The van der Waals surface area contributed by atoms with Crippen molar-refractivity contribution in [3.63, 3.8) is 0 Å². The first-order chi connectivity index (χ1) is 13.1. The van der Waals surface area contributed by atoms with Crippen LogP contribution in [-0.2, 0) is 17.8 Å². The van der Waals surface area contributed by atoms with Gasteiger partial charge < -0.3 is 14.3 Å². The molecule has 1 amide bonds. The van der Waals surface area contributed by atoms with Gasteiger partial charge in [0.25, 0.3) is 0 Å². The number of carbonyl (C=O) groups is 1. The largest absolute Gasteiger partial charge is 0.469 e. The van der Waals surface area contributed by atoms with E-state index in [1.807, 2.05) is 36.6 Å². The molecule has 0 radical (unpaired) electrons. The quantitative estimate of drug-likeness (QED) is 0.627. The number of hydrogen-bond acceptors (Lipinski definition) is 6. The van der Waals surface area contributed by atoms with Crippen LogP contribution in [0.3, 0.4) is 0 Å². The normalized spacial score (nSPS) is 10.6. The Balaban J connectivity index is 1.63. The second kappa shape index (κ2) is 8.56. The third kappa shape index (κ3) is 4.38. The standard InChI is InChI=1S/C19H19N5O2S/c1-3-24-18(16-9-11-26-13(16)2)22-23-19(24)27-12-17(25)21-15-6-4-14(5-7-15)8-10-20/h4-7,9,11H,3,8,12H2,1-2H3,(H,21,25). The van der Waals surface area contributed by atoms with Crippen LogP contribution in [0.2, 0.25) is 0 Å². The fourth-order valence-electron chi connectivity index (χ4n) is 2.62. The molecule has 1 aromatic carbocycles. The van der Waals surface area contributed by atoms with Crippen molar-refractivity contribution in [2.45, 2.75) is 32.0 Å². The molecule has 0 bridgehead atoms. The molecule has 3 rings (SSSR count). The van der Waals surface area contributed by atoms with Gasteiger partial charge in [0.2, 0.25) is 5.91 Å². The zero-order chi connectivity index (χ0) is 19.2. The van der Waals surface area contributed by atoms with Crippen molar-refractivity contribution in [3.8, 4) is 17.5 Å². The van der Waals surface area contributed by atoms with Crippen LogP contribution in [0, 0.1) is 18.3 Å². The van der Waals surface area contributed by atoms with Crippen molar-refractivity contribution in [3.05, 3.63) is 47.9 Å². The lowest BCUT2D eigenvalue weighted by Crippen LogP contribution is -2.14. The molecule has 0 atom stereocenters. The molecule has 0 aliphatic heterocycles. The summed E-state index contributed by atoms with van der Waals surface area (Å²) in [5.41, 5.74) is 2.52. The van der Waals surface area contributed by atoms with Gasteiger partial charge in [-0.1, -0.05) is 23.9 Å². The van der Waals surface area contributed by atoms with Crippen molar-refractivity contribution in [2.24, 2.45) is 0 Å². The molecular weight excluding hydrogens is 362 g/mol. The Labute approximate surface area is 161 Å². The number of aromatic nitrogens is 3. The lowest BCUT2D eigenvalue weighted by molar-refractivity contribution is -0.113. The number of nitrogens with one attached hydrogen (secondary N) is 1. The molecule has 27 heavy (non-hydrogen) atoms. The maximum atomic E-state index is 12.2. The van der Waals surface area contributed by atoms with Crippen LogP contribution in [0.5, 0.6) is 0 Å². The summed E-state index contributed by atoms with van der Waals surface area (Å²) in [6.45, 7) is 4.58. The first kappa shape index (κ1) is 18.7. The summed E-state index contributed by atoms with van der Waals surface area (Å²) in [5.74, 6) is 1.62. The van der Waals surface area contributed by atoms with Gasteiger partial charge in [-0.05, 0) is 37.6 Å². The van der Waals surface area contributed by atoms with Gasteiger partial charge in [-0.15, -0.1) is 10.2 Å². The summed E-state index contributed by atoms with van der Waals surface area (Å²) in [4.78, 5) is 12.2. The second-order valence-electron chi connectivity index (χ2n) is 5.81. The molecule has 0 fully saturated rings. The molecule has 2 heterocycles. The number of rotatable bonds is 7. The molecule has 0 saturated carbocycles.